The van der Waals surface area contributed by atoms with E-state index in [1.54, 1.807) is 11.8 Å². The second kappa shape index (κ2) is 6.94. The highest BCUT2D eigenvalue weighted by Crippen LogP contribution is 2.42. The molecule has 0 aromatic rings. The first kappa shape index (κ1) is 19.3. The summed E-state index contributed by atoms with van der Waals surface area (Å²) in [4.78, 5) is 29.5. The van der Waals surface area contributed by atoms with Crippen LogP contribution in [0.2, 0.25) is 0 Å². The minimum Gasteiger partial charge on any atom is -0.450 e. The Morgan fingerprint density at radius 3 is 2.19 bits per heavy atom. The number of carbonyl (C=O) groups is 2. The van der Waals surface area contributed by atoms with Crippen LogP contribution in [0.15, 0.2) is 11.1 Å². The van der Waals surface area contributed by atoms with E-state index in [9.17, 15) is 18.0 Å². The molecule has 2 saturated heterocycles. The molecule has 3 aliphatic rings. The van der Waals surface area contributed by atoms with Crippen LogP contribution < -0.4 is 0 Å². The average molecular weight is 385 g/mol. The fourth-order valence-corrected chi connectivity index (χ4v) is 4.91. The number of hydrogen-bond donors (Lipinski definition) is 0. The Morgan fingerprint density at radius 2 is 1.69 bits per heavy atom. The lowest BCUT2D eigenvalue weighted by molar-refractivity contribution is -0.150. The van der Waals surface area contributed by atoms with Gasteiger partial charge < -0.3 is 14.5 Å². The first-order chi connectivity index (χ1) is 12.2. The maximum Gasteiger partial charge on any atom is 0.335 e. The summed E-state index contributed by atoms with van der Waals surface area (Å²) in [5, 5.41) is 0. The van der Waals surface area contributed by atoms with Crippen LogP contribution in [0.25, 0.3) is 0 Å². The van der Waals surface area contributed by atoms with Crippen molar-refractivity contribution in [2.45, 2.75) is 32.3 Å². The van der Waals surface area contributed by atoms with Crippen molar-refractivity contribution in [2.75, 3.05) is 52.1 Å². The van der Waals surface area contributed by atoms with Crippen molar-refractivity contribution in [2.24, 2.45) is 0 Å². The molecular weight excluding hydrogens is 358 g/mol. The minimum absolute atomic E-state index is 0.142. The van der Waals surface area contributed by atoms with Gasteiger partial charge in [-0.15, -0.1) is 0 Å². The van der Waals surface area contributed by atoms with E-state index in [1.165, 1.54) is 10.6 Å². The van der Waals surface area contributed by atoms with E-state index in [0.717, 1.165) is 19.6 Å². The highest BCUT2D eigenvalue weighted by atomic mass is 32.2. The van der Waals surface area contributed by atoms with Gasteiger partial charge in [-0.05, 0) is 13.5 Å². The normalized spacial score (nSPS) is 25.0. The number of nitrogens with zero attached hydrogens (tertiary/aromatic N) is 3. The van der Waals surface area contributed by atoms with Gasteiger partial charge in [0.15, 0.2) is 0 Å². The van der Waals surface area contributed by atoms with Crippen LogP contribution >= 0.6 is 0 Å². The summed E-state index contributed by atoms with van der Waals surface area (Å²) in [7, 11) is -3.29. The number of hydrogen-bond acceptors (Lipinski definition) is 6. The van der Waals surface area contributed by atoms with Gasteiger partial charge in [-0.2, -0.15) is 0 Å². The van der Waals surface area contributed by atoms with Gasteiger partial charge in [0.1, 0.15) is 5.60 Å². The van der Waals surface area contributed by atoms with E-state index in [2.05, 4.69) is 11.8 Å². The van der Waals surface area contributed by atoms with Crippen LogP contribution in [-0.4, -0.2) is 92.1 Å². The monoisotopic (exact) mass is 385 g/mol. The molecule has 26 heavy (non-hydrogen) atoms. The van der Waals surface area contributed by atoms with Crippen LogP contribution in [-0.2, 0) is 24.3 Å². The molecule has 9 heteroatoms. The molecule has 0 aromatic carbocycles. The molecule has 0 N–H and O–H groups in total. The summed E-state index contributed by atoms with van der Waals surface area (Å²) in [5.74, 6) is -0.606. The molecule has 0 aromatic heterocycles. The molecule has 3 rings (SSSR count). The van der Waals surface area contributed by atoms with Gasteiger partial charge in [-0.25, -0.2) is 17.5 Å². The Labute approximate surface area is 154 Å². The molecule has 0 atom stereocenters. The maximum absolute atomic E-state index is 13.2. The summed E-state index contributed by atoms with van der Waals surface area (Å²) in [6.07, 6.45) is 1.81. The highest BCUT2D eigenvalue weighted by Gasteiger charge is 2.52. The van der Waals surface area contributed by atoms with Crippen LogP contribution in [0, 0.1) is 0 Å². The van der Waals surface area contributed by atoms with E-state index in [1.807, 2.05) is 0 Å². The number of esters is 1. The van der Waals surface area contributed by atoms with Gasteiger partial charge >= 0.3 is 5.97 Å². The van der Waals surface area contributed by atoms with Gasteiger partial charge in [0, 0.05) is 57.7 Å². The Morgan fingerprint density at radius 1 is 1.12 bits per heavy atom. The fraction of sp³-hybridized carbons (Fsp3) is 0.765. The zero-order valence-electron chi connectivity index (χ0n) is 15.7. The largest absolute Gasteiger partial charge is 0.450 e. The summed E-state index contributed by atoms with van der Waals surface area (Å²) in [5.41, 5.74) is -0.192. The van der Waals surface area contributed by atoms with E-state index >= 15 is 0 Å². The Kier molecular flexibility index (Phi) is 5.15. The molecule has 8 nitrogen and oxygen atoms in total. The predicted octanol–water partition coefficient (Wildman–Crippen LogP) is -0.182. The van der Waals surface area contributed by atoms with Gasteiger partial charge in [-0.1, -0.05) is 6.92 Å². The Bertz CT molecular complexity index is 729. The summed E-state index contributed by atoms with van der Waals surface area (Å²) >= 11 is 0. The number of carbonyl (C=O) groups excluding carboxylic acids is 2. The summed E-state index contributed by atoms with van der Waals surface area (Å²) in [6, 6.07) is 0. The zero-order chi connectivity index (χ0) is 19.1. The molecule has 1 amide bonds. The SMILES string of the molecule is CCN1CCN(C(=O)C2=C(C)C(=O)OC23CCN(S(C)(=O)=O)CC3)CC1. The zero-order valence-corrected chi connectivity index (χ0v) is 16.5. The third kappa shape index (κ3) is 3.39. The number of piperidine rings is 1. The van der Waals surface area contributed by atoms with E-state index in [0.29, 0.717) is 37.1 Å². The lowest BCUT2D eigenvalue weighted by atomic mass is 9.83. The first-order valence-corrected chi connectivity index (χ1v) is 10.9. The summed E-state index contributed by atoms with van der Waals surface area (Å²) in [6.45, 7) is 8.08. The quantitative estimate of drug-likeness (QED) is 0.627. The molecule has 0 aliphatic carbocycles. The highest BCUT2D eigenvalue weighted by molar-refractivity contribution is 7.88. The fourth-order valence-electron chi connectivity index (χ4n) is 4.06. The second-order valence-corrected chi connectivity index (χ2v) is 9.25. The van der Waals surface area contributed by atoms with Crippen LogP contribution in [0.4, 0.5) is 0 Å². The minimum atomic E-state index is -3.29. The maximum atomic E-state index is 13.2. The molecule has 0 saturated carbocycles. The molecule has 0 bridgehead atoms. The third-order valence-electron chi connectivity index (χ3n) is 5.74. The molecule has 3 heterocycles. The van der Waals surface area contributed by atoms with Gasteiger partial charge in [0.2, 0.25) is 10.0 Å². The van der Waals surface area contributed by atoms with Crippen LogP contribution in [0.3, 0.4) is 0 Å². The van der Waals surface area contributed by atoms with Crippen molar-refractivity contribution in [1.29, 1.82) is 0 Å². The van der Waals surface area contributed by atoms with Crippen molar-refractivity contribution < 1.29 is 22.7 Å². The molecule has 3 aliphatic heterocycles. The first-order valence-electron chi connectivity index (χ1n) is 9.09. The van der Waals surface area contributed by atoms with E-state index in [4.69, 9.17) is 4.74 Å². The lowest BCUT2D eigenvalue weighted by Gasteiger charge is -2.40. The van der Waals surface area contributed by atoms with Crippen molar-refractivity contribution in [1.82, 2.24) is 14.1 Å². The lowest BCUT2D eigenvalue weighted by Crippen LogP contribution is -2.53. The third-order valence-corrected chi connectivity index (χ3v) is 7.05. The van der Waals surface area contributed by atoms with Crippen LogP contribution in [0.5, 0.6) is 0 Å². The molecule has 1 spiro atoms. The molecular formula is C17H27N3O5S. The number of sulfonamides is 1. The van der Waals surface area contributed by atoms with Gasteiger partial charge in [-0.3, -0.25) is 4.79 Å². The van der Waals surface area contributed by atoms with Crippen molar-refractivity contribution in [3.63, 3.8) is 0 Å². The number of amides is 1. The molecule has 0 radical (unpaired) electrons. The second-order valence-electron chi connectivity index (χ2n) is 7.27. The topological polar surface area (TPSA) is 87.2 Å². The van der Waals surface area contributed by atoms with Gasteiger partial charge in [0.05, 0.1) is 11.8 Å². The number of ether oxygens (including phenoxy) is 1. The molecule has 146 valence electrons. The Hall–Kier alpha value is -1.45. The Balaban J connectivity index is 1.80. The smallest absolute Gasteiger partial charge is 0.335 e. The predicted molar refractivity (Wildman–Crippen MR) is 95.9 cm³/mol. The molecule has 2 fully saturated rings. The number of rotatable bonds is 3. The number of piperazine rings is 1. The average Bonchev–Trinajstić information content (AvgIpc) is 2.84. The van der Waals surface area contributed by atoms with Crippen molar-refractivity contribution in [3.8, 4) is 0 Å². The van der Waals surface area contributed by atoms with Crippen LogP contribution in [0.1, 0.15) is 26.7 Å². The molecule has 0 unspecified atom stereocenters. The van der Waals surface area contributed by atoms with Crippen molar-refractivity contribution in [3.05, 3.63) is 11.1 Å². The standard InChI is InChI=1S/C17H27N3O5S/c1-4-18-9-11-19(12-10-18)15(21)14-13(2)16(22)25-17(14)5-7-20(8-6-17)26(3,23)24/h4-12H2,1-3H3. The van der Waals surface area contributed by atoms with E-state index in [-0.39, 0.29) is 19.0 Å². The number of likely N-dealkylation sites (N-methyl/N-ethyl adjacent to an activating group) is 1. The van der Waals surface area contributed by atoms with Gasteiger partial charge in [0.25, 0.3) is 5.91 Å². The van der Waals surface area contributed by atoms with E-state index < -0.39 is 21.6 Å². The summed E-state index contributed by atoms with van der Waals surface area (Å²) < 4.78 is 30.5. The van der Waals surface area contributed by atoms with Crippen molar-refractivity contribution >= 4 is 21.9 Å².